The van der Waals surface area contributed by atoms with E-state index in [1.807, 2.05) is 6.07 Å². The van der Waals surface area contributed by atoms with Crippen LogP contribution < -0.4 is 5.32 Å². The highest BCUT2D eigenvalue weighted by Crippen LogP contribution is 2.41. The van der Waals surface area contributed by atoms with E-state index in [-0.39, 0.29) is 17.2 Å². The summed E-state index contributed by atoms with van der Waals surface area (Å²) in [6, 6.07) is 4.08. The molecule has 3 heteroatoms. The van der Waals surface area contributed by atoms with Crippen molar-refractivity contribution >= 4 is 11.6 Å². The molecule has 0 aliphatic carbocycles. The van der Waals surface area contributed by atoms with Crippen LogP contribution in [0, 0.1) is 5.41 Å². The molecule has 1 aromatic carbocycles. The average molecular weight is 240 g/mol. The van der Waals surface area contributed by atoms with Crippen LogP contribution in [0.2, 0.25) is 5.02 Å². The van der Waals surface area contributed by atoms with Gasteiger partial charge in [-0.05, 0) is 30.0 Å². The number of fused-ring (bicyclic) bond motifs is 1. The first-order valence-electron chi connectivity index (χ1n) is 5.65. The van der Waals surface area contributed by atoms with E-state index < -0.39 is 0 Å². The number of phenols is 1. The quantitative estimate of drug-likeness (QED) is 0.728. The van der Waals surface area contributed by atoms with Crippen molar-refractivity contribution in [1.82, 2.24) is 5.32 Å². The van der Waals surface area contributed by atoms with E-state index in [0.29, 0.717) is 5.02 Å². The Morgan fingerprint density at radius 1 is 1.38 bits per heavy atom. The molecule has 1 aliphatic heterocycles. The van der Waals surface area contributed by atoms with Crippen molar-refractivity contribution in [3.05, 3.63) is 28.3 Å². The molecule has 0 aromatic heterocycles. The van der Waals surface area contributed by atoms with Gasteiger partial charge in [-0.3, -0.25) is 0 Å². The molecule has 1 atom stereocenters. The van der Waals surface area contributed by atoms with Crippen LogP contribution in [-0.2, 0) is 6.42 Å². The summed E-state index contributed by atoms with van der Waals surface area (Å²) >= 11 is 5.94. The predicted octanol–water partition coefficient (Wildman–Crippen LogP) is 3.28. The molecule has 0 spiro atoms. The summed E-state index contributed by atoms with van der Waals surface area (Å²) in [5, 5.41) is 13.9. The van der Waals surface area contributed by atoms with Crippen molar-refractivity contribution in [2.75, 3.05) is 6.54 Å². The molecular weight excluding hydrogens is 222 g/mol. The Labute approximate surface area is 102 Å². The van der Waals surface area contributed by atoms with Gasteiger partial charge in [0.1, 0.15) is 5.75 Å². The largest absolute Gasteiger partial charge is 0.506 e. The first-order valence-corrected chi connectivity index (χ1v) is 6.02. The van der Waals surface area contributed by atoms with Crippen molar-refractivity contribution in [3.8, 4) is 5.75 Å². The van der Waals surface area contributed by atoms with E-state index in [1.165, 1.54) is 5.56 Å². The number of nitrogens with one attached hydrogen (secondary N) is 1. The second-order valence-electron chi connectivity index (χ2n) is 5.47. The Morgan fingerprint density at radius 2 is 2.06 bits per heavy atom. The Morgan fingerprint density at radius 3 is 2.69 bits per heavy atom. The maximum absolute atomic E-state index is 9.97. The van der Waals surface area contributed by atoms with E-state index in [9.17, 15) is 5.11 Å². The topological polar surface area (TPSA) is 32.3 Å². The summed E-state index contributed by atoms with van der Waals surface area (Å²) in [5.74, 6) is 0.259. The maximum Gasteiger partial charge on any atom is 0.137 e. The highest BCUT2D eigenvalue weighted by Gasteiger charge is 2.31. The van der Waals surface area contributed by atoms with Crippen molar-refractivity contribution in [2.45, 2.75) is 33.2 Å². The number of phenolic OH excluding ortho intramolecular Hbond substituents is 1. The molecule has 2 rings (SSSR count). The van der Waals surface area contributed by atoms with E-state index in [0.717, 1.165) is 18.5 Å². The van der Waals surface area contributed by atoms with E-state index >= 15 is 0 Å². The molecule has 0 saturated carbocycles. The van der Waals surface area contributed by atoms with Crippen LogP contribution >= 0.6 is 11.6 Å². The lowest BCUT2D eigenvalue weighted by Crippen LogP contribution is -2.37. The standard InChI is InChI=1S/C13H18ClNO/c1-13(2,3)12-9-4-5-10(14)11(16)8(9)6-7-15-12/h4-5,12,15-16H,6-7H2,1-3H3. The summed E-state index contributed by atoms with van der Waals surface area (Å²) in [6.07, 6.45) is 0.842. The molecule has 0 saturated heterocycles. The fraction of sp³-hybridized carbons (Fsp3) is 0.538. The number of hydrogen-bond acceptors (Lipinski definition) is 2. The first kappa shape index (κ1) is 11.7. The van der Waals surface area contributed by atoms with E-state index in [1.54, 1.807) is 6.07 Å². The third kappa shape index (κ3) is 1.92. The van der Waals surface area contributed by atoms with Gasteiger partial charge in [-0.2, -0.15) is 0 Å². The van der Waals surface area contributed by atoms with Crippen molar-refractivity contribution in [1.29, 1.82) is 0 Å². The molecule has 2 nitrogen and oxygen atoms in total. The van der Waals surface area contributed by atoms with Gasteiger partial charge in [-0.1, -0.05) is 38.4 Å². The third-order valence-electron chi connectivity index (χ3n) is 3.17. The van der Waals surface area contributed by atoms with E-state index in [4.69, 9.17) is 11.6 Å². The Kier molecular flexibility index (Phi) is 2.89. The minimum Gasteiger partial charge on any atom is -0.506 e. The molecule has 1 aliphatic rings. The zero-order valence-electron chi connectivity index (χ0n) is 9.97. The summed E-state index contributed by atoms with van der Waals surface area (Å²) in [5.41, 5.74) is 2.32. The van der Waals surface area contributed by atoms with Crippen LogP contribution in [0.5, 0.6) is 5.75 Å². The number of halogens is 1. The number of aromatic hydroxyl groups is 1. The summed E-state index contributed by atoms with van der Waals surface area (Å²) in [7, 11) is 0. The lowest BCUT2D eigenvalue weighted by Gasteiger charge is -2.37. The highest BCUT2D eigenvalue weighted by molar-refractivity contribution is 6.32. The van der Waals surface area contributed by atoms with Gasteiger partial charge in [0.2, 0.25) is 0 Å². The van der Waals surface area contributed by atoms with Crippen LogP contribution in [0.25, 0.3) is 0 Å². The zero-order chi connectivity index (χ0) is 11.9. The second-order valence-corrected chi connectivity index (χ2v) is 5.87. The van der Waals surface area contributed by atoms with Gasteiger partial charge in [0.25, 0.3) is 0 Å². The van der Waals surface area contributed by atoms with Crippen LogP contribution in [0.1, 0.15) is 37.9 Å². The molecule has 16 heavy (non-hydrogen) atoms. The van der Waals surface area contributed by atoms with Gasteiger partial charge in [0.05, 0.1) is 5.02 Å². The maximum atomic E-state index is 9.97. The lowest BCUT2D eigenvalue weighted by molar-refractivity contribution is 0.262. The minimum absolute atomic E-state index is 0.134. The van der Waals surface area contributed by atoms with Crippen LogP contribution in [0.15, 0.2) is 12.1 Å². The van der Waals surface area contributed by atoms with Gasteiger partial charge < -0.3 is 10.4 Å². The van der Waals surface area contributed by atoms with Gasteiger partial charge in [0, 0.05) is 11.6 Å². The predicted molar refractivity (Wildman–Crippen MR) is 67.0 cm³/mol. The molecule has 1 heterocycles. The smallest absolute Gasteiger partial charge is 0.137 e. The fourth-order valence-electron chi connectivity index (χ4n) is 2.38. The Bertz CT molecular complexity index is 409. The van der Waals surface area contributed by atoms with Gasteiger partial charge in [0.15, 0.2) is 0 Å². The lowest BCUT2D eigenvalue weighted by atomic mass is 9.78. The van der Waals surface area contributed by atoms with Crippen LogP contribution in [0.4, 0.5) is 0 Å². The van der Waals surface area contributed by atoms with Crippen LogP contribution in [0.3, 0.4) is 0 Å². The zero-order valence-corrected chi connectivity index (χ0v) is 10.7. The van der Waals surface area contributed by atoms with E-state index in [2.05, 4.69) is 26.1 Å². The van der Waals surface area contributed by atoms with Crippen molar-refractivity contribution in [2.24, 2.45) is 5.41 Å². The summed E-state index contributed by atoms with van der Waals surface area (Å²) in [6.45, 7) is 7.49. The average Bonchev–Trinajstić information content (AvgIpc) is 2.21. The molecule has 1 aromatic rings. The molecule has 88 valence electrons. The molecular formula is C13H18ClNO. The minimum atomic E-state index is 0.134. The Balaban J connectivity index is 2.52. The number of hydrogen-bond donors (Lipinski definition) is 2. The second kappa shape index (κ2) is 3.94. The number of rotatable bonds is 0. The molecule has 1 unspecified atom stereocenters. The van der Waals surface area contributed by atoms with Crippen molar-refractivity contribution in [3.63, 3.8) is 0 Å². The molecule has 0 fully saturated rings. The molecule has 0 bridgehead atoms. The Hall–Kier alpha value is -0.730. The fourth-order valence-corrected chi connectivity index (χ4v) is 2.56. The number of benzene rings is 1. The molecule has 2 N–H and O–H groups in total. The van der Waals surface area contributed by atoms with Gasteiger partial charge in [-0.15, -0.1) is 0 Å². The SMILES string of the molecule is CC(C)(C)C1NCCc2c1ccc(Cl)c2O. The monoisotopic (exact) mass is 239 g/mol. The van der Waals surface area contributed by atoms with Crippen molar-refractivity contribution < 1.29 is 5.11 Å². The summed E-state index contributed by atoms with van der Waals surface area (Å²) in [4.78, 5) is 0. The molecule has 0 amide bonds. The third-order valence-corrected chi connectivity index (χ3v) is 3.48. The van der Waals surface area contributed by atoms with Gasteiger partial charge in [-0.25, -0.2) is 0 Å². The molecule has 0 radical (unpaired) electrons. The first-order chi connectivity index (χ1) is 7.41. The van der Waals surface area contributed by atoms with Crippen LogP contribution in [-0.4, -0.2) is 11.7 Å². The highest BCUT2D eigenvalue weighted by atomic mass is 35.5. The normalized spacial score (nSPS) is 20.6. The van der Waals surface area contributed by atoms with Gasteiger partial charge >= 0.3 is 0 Å². The summed E-state index contributed by atoms with van der Waals surface area (Å²) < 4.78 is 0.